The molecule has 3 rings (SSSR count). The molecule has 0 atom stereocenters. The molecule has 2 aromatic carbocycles. The van der Waals surface area contributed by atoms with E-state index < -0.39 is 0 Å². The van der Waals surface area contributed by atoms with Gasteiger partial charge in [0.25, 0.3) is 0 Å². The van der Waals surface area contributed by atoms with Crippen LogP contribution in [-0.4, -0.2) is 21.0 Å². The normalized spacial score (nSPS) is 12.6. The van der Waals surface area contributed by atoms with Gasteiger partial charge in [0.1, 0.15) is 5.69 Å². The number of rotatable bonds is 8. The van der Waals surface area contributed by atoms with Crippen LogP contribution in [0.4, 0.5) is 11.4 Å². The maximum absolute atomic E-state index is 5.16. The van der Waals surface area contributed by atoms with E-state index in [1.165, 1.54) is 22.3 Å². The SMILES string of the molecule is CC(=Nc1c(C(C)C)cccc1C(C)C)c1cn(C)c(C(C)=Nc2c(C(C)C)cccc2C(C)C)n1.[Cl][Fe][Cl]. The Morgan fingerprint density at radius 3 is 1.36 bits per heavy atom. The van der Waals surface area contributed by atoms with Crippen molar-refractivity contribution in [2.24, 2.45) is 17.0 Å². The summed E-state index contributed by atoms with van der Waals surface area (Å²) in [6.07, 6.45) is 2.07. The number of nitrogens with zero attached hydrogens (tertiary/aromatic N) is 4. The molecular weight excluding hydrogens is 567 g/mol. The second-order valence-corrected chi connectivity index (χ2v) is 13.0. The number of imidazole rings is 1. The van der Waals surface area contributed by atoms with Gasteiger partial charge in [-0.25, -0.2) is 9.98 Å². The average Bonchev–Trinajstić information content (AvgIpc) is 3.26. The van der Waals surface area contributed by atoms with Gasteiger partial charge < -0.3 is 4.57 Å². The number of aliphatic imine (C=N–C) groups is 2. The molecule has 0 radical (unpaired) electrons. The van der Waals surface area contributed by atoms with Crippen LogP contribution in [0.5, 0.6) is 0 Å². The predicted molar refractivity (Wildman–Crippen MR) is 168 cm³/mol. The Hall–Kier alpha value is -1.91. The molecule has 214 valence electrons. The summed E-state index contributed by atoms with van der Waals surface area (Å²) < 4.78 is 2.07. The van der Waals surface area contributed by atoms with E-state index in [1.54, 1.807) is 0 Å². The average molecular weight is 611 g/mol. The van der Waals surface area contributed by atoms with Crippen LogP contribution in [0, 0.1) is 0 Å². The van der Waals surface area contributed by atoms with E-state index >= 15 is 0 Å². The van der Waals surface area contributed by atoms with E-state index in [4.69, 9.17) is 35.2 Å². The van der Waals surface area contributed by atoms with Crippen LogP contribution in [0.15, 0.2) is 52.6 Å². The number of halogens is 2. The summed E-state index contributed by atoms with van der Waals surface area (Å²) >= 11 is 0.194. The summed E-state index contributed by atoms with van der Waals surface area (Å²) in [6.45, 7) is 22.0. The summed E-state index contributed by atoms with van der Waals surface area (Å²) in [4.78, 5) is 15.3. The Morgan fingerprint density at radius 1 is 0.692 bits per heavy atom. The van der Waals surface area contributed by atoms with E-state index in [1.807, 2.05) is 7.05 Å². The molecule has 0 fully saturated rings. The van der Waals surface area contributed by atoms with Gasteiger partial charge in [-0.05, 0) is 59.8 Å². The first kappa shape index (κ1) is 33.3. The van der Waals surface area contributed by atoms with Crippen molar-refractivity contribution < 1.29 is 13.1 Å². The Morgan fingerprint density at radius 2 is 1.03 bits per heavy atom. The molecule has 39 heavy (non-hydrogen) atoms. The van der Waals surface area contributed by atoms with E-state index in [2.05, 4.69) is 116 Å². The zero-order chi connectivity index (χ0) is 29.4. The Labute approximate surface area is 251 Å². The van der Waals surface area contributed by atoms with E-state index in [-0.39, 0.29) is 13.1 Å². The third-order valence-corrected chi connectivity index (χ3v) is 6.81. The van der Waals surface area contributed by atoms with Gasteiger partial charge in [0.15, 0.2) is 5.82 Å². The number of hydrogen-bond acceptors (Lipinski definition) is 3. The topological polar surface area (TPSA) is 42.5 Å². The van der Waals surface area contributed by atoms with Gasteiger partial charge >= 0.3 is 33.3 Å². The Bertz CT molecular complexity index is 1250. The fourth-order valence-corrected chi connectivity index (χ4v) is 4.70. The summed E-state index contributed by atoms with van der Waals surface area (Å²) in [6, 6.07) is 13.1. The van der Waals surface area contributed by atoms with Crippen LogP contribution in [0.3, 0.4) is 0 Å². The van der Waals surface area contributed by atoms with Crippen molar-refractivity contribution in [3.63, 3.8) is 0 Å². The van der Waals surface area contributed by atoms with Gasteiger partial charge in [-0.2, -0.15) is 0 Å². The molecule has 0 bridgehead atoms. The monoisotopic (exact) mass is 610 g/mol. The quantitative estimate of drug-likeness (QED) is 0.185. The first-order valence-electron chi connectivity index (χ1n) is 13.6. The van der Waals surface area contributed by atoms with Crippen LogP contribution in [0.25, 0.3) is 0 Å². The van der Waals surface area contributed by atoms with Crippen LogP contribution in [-0.2, 0) is 20.2 Å². The first-order valence-corrected chi connectivity index (χ1v) is 16.6. The van der Waals surface area contributed by atoms with Crippen LogP contribution >= 0.6 is 20.2 Å². The van der Waals surface area contributed by atoms with Crippen molar-refractivity contribution in [3.8, 4) is 0 Å². The van der Waals surface area contributed by atoms with Gasteiger partial charge in [-0.15, -0.1) is 0 Å². The number of aryl methyl sites for hydroxylation is 1. The van der Waals surface area contributed by atoms with Crippen molar-refractivity contribution in [2.75, 3.05) is 0 Å². The fraction of sp³-hybridized carbons (Fsp3) is 0.469. The molecule has 0 aliphatic rings. The molecule has 0 aliphatic carbocycles. The molecule has 4 nitrogen and oxygen atoms in total. The molecule has 0 unspecified atom stereocenters. The maximum atomic E-state index is 5.16. The number of aromatic nitrogens is 2. The molecule has 1 heterocycles. The van der Waals surface area contributed by atoms with Crippen LogP contribution < -0.4 is 0 Å². The minimum absolute atomic E-state index is 0.194. The summed E-state index contributed by atoms with van der Waals surface area (Å²) in [5.41, 5.74) is 10.0. The summed E-state index contributed by atoms with van der Waals surface area (Å²) in [5, 5.41) is 0. The predicted octanol–water partition coefficient (Wildman–Crippen LogP) is 10.6. The van der Waals surface area contributed by atoms with Gasteiger partial charge in [-0.1, -0.05) is 91.8 Å². The van der Waals surface area contributed by atoms with Crippen molar-refractivity contribution in [1.82, 2.24) is 9.55 Å². The molecule has 0 spiro atoms. The third kappa shape index (κ3) is 8.54. The van der Waals surface area contributed by atoms with E-state index in [0.717, 1.165) is 34.3 Å². The van der Waals surface area contributed by atoms with Gasteiger partial charge in [0, 0.05) is 13.2 Å². The summed E-state index contributed by atoms with van der Waals surface area (Å²) in [7, 11) is 11.6. The minimum atomic E-state index is 0.194. The molecule has 0 aliphatic heterocycles. The second kappa shape index (κ2) is 15.2. The van der Waals surface area contributed by atoms with Gasteiger partial charge in [0.2, 0.25) is 0 Å². The zero-order valence-corrected chi connectivity index (χ0v) is 27.9. The molecular formula is C32H44Cl2FeN4. The van der Waals surface area contributed by atoms with Crippen molar-refractivity contribution in [1.29, 1.82) is 0 Å². The molecule has 0 saturated heterocycles. The van der Waals surface area contributed by atoms with Crippen molar-refractivity contribution >= 4 is 43.0 Å². The second-order valence-electron chi connectivity index (χ2n) is 11.2. The molecule has 7 heteroatoms. The fourth-order valence-electron chi connectivity index (χ4n) is 4.70. The Kier molecular flexibility index (Phi) is 13.0. The number of para-hydroxylation sites is 2. The summed E-state index contributed by atoms with van der Waals surface area (Å²) in [5.74, 6) is 2.48. The third-order valence-electron chi connectivity index (χ3n) is 6.81. The van der Waals surface area contributed by atoms with Crippen molar-refractivity contribution in [2.45, 2.75) is 92.9 Å². The number of benzene rings is 2. The van der Waals surface area contributed by atoms with Crippen molar-refractivity contribution in [3.05, 3.63) is 76.4 Å². The van der Waals surface area contributed by atoms with E-state index in [9.17, 15) is 0 Å². The first-order chi connectivity index (χ1) is 18.3. The Balaban J connectivity index is 0.00000170. The number of hydrogen-bond donors (Lipinski definition) is 0. The van der Waals surface area contributed by atoms with Crippen LogP contribution in [0.1, 0.15) is 127 Å². The molecule has 0 saturated carbocycles. The standard InChI is InChI=1S/C32H44N4.2ClH.Fe/c1-19(2)25-14-12-15-26(20(3)4)30(25)33-23(9)29-18-36(11)32(35-29)24(10)34-31-27(21(5)6)16-13-17-28(31)22(7)8;;;/h12-22H,1-11H3;2*1H;/q;;;+2/p-2. The van der Waals surface area contributed by atoms with Crippen LogP contribution in [0.2, 0.25) is 0 Å². The van der Waals surface area contributed by atoms with E-state index in [0.29, 0.717) is 23.7 Å². The molecule has 0 N–H and O–H groups in total. The molecule has 1 aromatic heterocycles. The molecule has 3 aromatic rings. The molecule has 0 amide bonds. The van der Waals surface area contributed by atoms with Gasteiger partial charge in [-0.3, -0.25) is 4.99 Å². The van der Waals surface area contributed by atoms with Gasteiger partial charge in [0.05, 0.1) is 22.8 Å². The zero-order valence-electron chi connectivity index (χ0n) is 25.2.